The monoisotopic (exact) mass is 436 g/mol. The summed E-state index contributed by atoms with van der Waals surface area (Å²) in [5.41, 5.74) is 7.06. The van der Waals surface area contributed by atoms with Crippen LogP contribution < -0.4 is 21.3 Å². The lowest BCUT2D eigenvalue weighted by Crippen LogP contribution is -2.15. The first-order chi connectivity index (χ1) is 14.9. The second-order valence-electron chi connectivity index (χ2n) is 6.36. The molecule has 0 unspecified atom stereocenters. The maximum atomic E-state index is 12.3. The number of hydrogen-bond acceptors (Lipinski definition) is 7. The van der Waals surface area contributed by atoms with Crippen LogP contribution in [0.1, 0.15) is 15.9 Å². The Morgan fingerprint density at radius 1 is 1.16 bits per heavy atom. The third-order valence-electron chi connectivity index (χ3n) is 4.08. The van der Waals surface area contributed by atoms with Crippen molar-refractivity contribution in [2.24, 2.45) is 0 Å². The summed E-state index contributed by atoms with van der Waals surface area (Å²) in [5, 5.41) is 2.99. The Hall–Kier alpha value is -3.85. The Balaban J connectivity index is 1.53. The van der Waals surface area contributed by atoms with Gasteiger partial charge in [-0.2, -0.15) is 0 Å². The van der Waals surface area contributed by atoms with Gasteiger partial charge in [0.25, 0.3) is 5.56 Å². The predicted molar refractivity (Wildman–Crippen MR) is 121 cm³/mol. The molecule has 0 saturated carbocycles. The van der Waals surface area contributed by atoms with Crippen LogP contribution in [0.2, 0.25) is 0 Å². The number of nitrogens with zero attached hydrogens (tertiary/aromatic N) is 1. The van der Waals surface area contributed by atoms with E-state index < -0.39 is 0 Å². The van der Waals surface area contributed by atoms with E-state index in [2.05, 4.69) is 15.3 Å². The Labute approximate surface area is 182 Å². The molecule has 2 aromatic carbocycles. The first-order valence-electron chi connectivity index (χ1n) is 9.19. The van der Waals surface area contributed by atoms with Gasteiger partial charge in [0.1, 0.15) is 11.6 Å². The number of benzene rings is 2. The van der Waals surface area contributed by atoms with E-state index in [9.17, 15) is 14.4 Å². The standard InChI is InChI=1S/C22H20N4O4S/c1-30-17-9-2-14(3-10-17)4-11-18(27)15-5-7-16(8-6-15)24-21(29)13-31-22-25-19(23)12-20(28)26-22/h2-12H,13H2,1H3,(H,24,29)(H3,23,25,26,28)/b11-4+. The smallest absolute Gasteiger partial charge is 0.253 e. The number of hydrogen-bond donors (Lipinski definition) is 3. The molecule has 9 heteroatoms. The molecule has 3 aromatic rings. The molecule has 0 bridgehead atoms. The SMILES string of the molecule is COc1ccc(/C=C/C(=O)c2ccc(NC(=O)CSc3nc(N)cc(=O)[nH]3)cc2)cc1. The molecule has 1 heterocycles. The number of anilines is 2. The van der Waals surface area contributed by atoms with Crippen molar-refractivity contribution < 1.29 is 14.3 Å². The van der Waals surface area contributed by atoms with Gasteiger partial charge in [0.05, 0.1) is 12.9 Å². The number of carbonyl (C=O) groups is 2. The van der Waals surface area contributed by atoms with Gasteiger partial charge in [0.15, 0.2) is 10.9 Å². The van der Waals surface area contributed by atoms with Gasteiger partial charge in [-0.15, -0.1) is 0 Å². The van der Waals surface area contributed by atoms with E-state index in [1.54, 1.807) is 37.5 Å². The fourth-order valence-electron chi connectivity index (χ4n) is 2.55. The molecule has 0 atom stereocenters. The third-order valence-corrected chi connectivity index (χ3v) is 4.95. The topological polar surface area (TPSA) is 127 Å². The number of thioether (sulfide) groups is 1. The van der Waals surface area contributed by atoms with E-state index in [-0.39, 0.29) is 34.0 Å². The molecular weight excluding hydrogens is 416 g/mol. The van der Waals surface area contributed by atoms with E-state index >= 15 is 0 Å². The van der Waals surface area contributed by atoms with Crippen molar-refractivity contribution in [1.82, 2.24) is 9.97 Å². The lowest BCUT2D eigenvalue weighted by molar-refractivity contribution is -0.113. The van der Waals surface area contributed by atoms with Crippen molar-refractivity contribution in [3.05, 3.63) is 82.2 Å². The summed E-state index contributed by atoms with van der Waals surface area (Å²) in [4.78, 5) is 42.3. The van der Waals surface area contributed by atoms with Crippen LogP contribution in [0, 0.1) is 0 Å². The summed E-state index contributed by atoms with van der Waals surface area (Å²) in [5.74, 6) is 0.442. The summed E-state index contributed by atoms with van der Waals surface area (Å²) >= 11 is 1.06. The number of aromatic nitrogens is 2. The van der Waals surface area contributed by atoms with Gasteiger partial charge in [-0.25, -0.2) is 4.98 Å². The van der Waals surface area contributed by atoms with Gasteiger partial charge >= 0.3 is 0 Å². The number of carbonyl (C=O) groups excluding carboxylic acids is 2. The molecule has 0 spiro atoms. The molecule has 1 aromatic heterocycles. The first kappa shape index (κ1) is 21.8. The lowest BCUT2D eigenvalue weighted by atomic mass is 10.1. The van der Waals surface area contributed by atoms with Crippen molar-refractivity contribution in [1.29, 1.82) is 0 Å². The molecule has 0 fully saturated rings. The van der Waals surface area contributed by atoms with E-state index in [0.29, 0.717) is 11.3 Å². The van der Waals surface area contributed by atoms with E-state index in [1.807, 2.05) is 24.3 Å². The minimum absolute atomic E-state index is 0.0394. The van der Waals surface area contributed by atoms with E-state index in [4.69, 9.17) is 10.5 Å². The highest BCUT2D eigenvalue weighted by Gasteiger charge is 2.07. The first-order valence-corrected chi connectivity index (χ1v) is 10.2. The van der Waals surface area contributed by atoms with Crippen LogP contribution in [0.25, 0.3) is 6.08 Å². The number of nitrogens with two attached hydrogens (primary N) is 1. The third kappa shape index (κ3) is 6.58. The van der Waals surface area contributed by atoms with Gasteiger partial charge in [-0.3, -0.25) is 14.4 Å². The van der Waals surface area contributed by atoms with Crippen LogP contribution in [0.4, 0.5) is 11.5 Å². The number of allylic oxidation sites excluding steroid dienone is 1. The summed E-state index contributed by atoms with van der Waals surface area (Å²) in [6.45, 7) is 0. The number of amides is 1. The largest absolute Gasteiger partial charge is 0.497 e. The fraction of sp³-hybridized carbons (Fsp3) is 0.0909. The van der Waals surface area contributed by atoms with Crippen LogP contribution in [-0.2, 0) is 4.79 Å². The maximum Gasteiger partial charge on any atom is 0.253 e. The molecular formula is C22H20N4O4S. The van der Waals surface area contributed by atoms with Gasteiger partial charge in [-0.05, 0) is 48.0 Å². The van der Waals surface area contributed by atoms with Crippen molar-refractivity contribution in [3.63, 3.8) is 0 Å². The zero-order valence-electron chi connectivity index (χ0n) is 16.6. The second-order valence-corrected chi connectivity index (χ2v) is 7.32. The van der Waals surface area contributed by atoms with E-state index in [0.717, 1.165) is 23.1 Å². The Morgan fingerprint density at radius 3 is 2.52 bits per heavy atom. The number of nitrogens with one attached hydrogen (secondary N) is 2. The van der Waals surface area contributed by atoms with Crippen molar-refractivity contribution in [3.8, 4) is 5.75 Å². The summed E-state index contributed by atoms with van der Waals surface area (Å²) < 4.78 is 5.11. The molecule has 31 heavy (non-hydrogen) atoms. The molecule has 8 nitrogen and oxygen atoms in total. The van der Waals surface area contributed by atoms with Gasteiger partial charge in [0, 0.05) is 17.3 Å². The predicted octanol–water partition coefficient (Wildman–Crippen LogP) is 2.99. The number of H-pyrrole nitrogens is 1. The van der Waals surface area contributed by atoms with Crippen molar-refractivity contribution in [2.45, 2.75) is 5.16 Å². The molecule has 0 saturated heterocycles. The summed E-state index contributed by atoms with van der Waals surface area (Å²) in [7, 11) is 1.60. The van der Waals surface area contributed by atoms with Crippen molar-refractivity contribution in [2.75, 3.05) is 23.9 Å². The summed E-state index contributed by atoms with van der Waals surface area (Å²) in [6.07, 6.45) is 3.22. The molecule has 0 aliphatic rings. The van der Waals surface area contributed by atoms with Crippen LogP contribution in [0.15, 0.2) is 70.6 Å². The second kappa shape index (κ2) is 10.3. The maximum absolute atomic E-state index is 12.3. The number of aromatic amines is 1. The van der Waals surface area contributed by atoms with Crippen LogP contribution in [0.3, 0.4) is 0 Å². The van der Waals surface area contributed by atoms with Crippen molar-refractivity contribution >= 4 is 41.0 Å². The Bertz CT molecular complexity index is 1160. The number of ketones is 1. The van der Waals surface area contributed by atoms with Crippen LogP contribution in [0.5, 0.6) is 5.75 Å². The quantitative estimate of drug-likeness (QED) is 0.214. The Kier molecular flexibility index (Phi) is 7.23. The van der Waals surface area contributed by atoms with E-state index in [1.165, 1.54) is 12.1 Å². The average Bonchev–Trinajstić information content (AvgIpc) is 2.76. The molecule has 0 aliphatic heterocycles. The zero-order chi connectivity index (χ0) is 22.2. The lowest BCUT2D eigenvalue weighted by Gasteiger charge is -2.06. The molecule has 3 rings (SSSR count). The van der Waals surface area contributed by atoms with Gasteiger partial charge in [-0.1, -0.05) is 30.0 Å². The molecule has 158 valence electrons. The molecule has 1 amide bonds. The minimum atomic E-state index is -0.378. The fourth-order valence-corrected chi connectivity index (χ4v) is 3.24. The molecule has 4 N–H and O–H groups in total. The number of rotatable bonds is 8. The minimum Gasteiger partial charge on any atom is -0.497 e. The number of nitrogen functional groups attached to an aromatic ring is 1. The Morgan fingerprint density at radius 2 is 1.87 bits per heavy atom. The van der Waals surface area contributed by atoms with Crippen LogP contribution in [-0.4, -0.2) is 34.5 Å². The highest BCUT2D eigenvalue weighted by molar-refractivity contribution is 7.99. The highest BCUT2D eigenvalue weighted by Crippen LogP contribution is 2.16. The molecule has 0 radical (unpaired) electrons. The zero-order valence-corrected chi connectivity index (χ0v) is 17.4. The van der Waals surface area contributed by atoms with Gasteiger partial charge in [0.2, 0.25) is 5.91 Å². The highest BCUT2D eigenvalue weighted by atomic mass is 32.2. The number of methoxy groups -OCH3 is 1. The normalized spacial score (nSPS) is 10.7. The van der Waals surface area contributed by atoms with Crippen LogP contribution >= 0.6 is 11.8 Å². The number of ether oxygens (including phenoxy) is 1. The molecule has 0 aliphatic carbocycles. The summed E-state index contributed by atoms with van der Waals surface area (Å²) in [6, 6.07) is 15.1. The van der Waals surface area contributed by atoms with Gasteiger partial charge < -0.3 is 20.8 Å². The average molecular weight is 436 g/mol.